The number of rotatable bonds is 3. The molecule has 3 amide bonds. The highest BCUT2D eigenvalue weighted by molar-refractivity contribution is 7.17. The highest BCUT2D eigenvalue weighted by Gasteiger charge is 2.30. The molecule has 0 saturated carbocycles. The van der Waals surface area contributed by atoms with Gasteiger partial charge in [0.1, 0.15) is 10.8 Å². The summed E-state index contributed by atoms with van der Waals surface area (Å²) in [4.78, 5) is 38.9. The quantitative estimate of drug-likeness (QED) is 0.842. The summed E-state index contributed by atoms with van der Waals surface area (Å²) in [6.07, 6.45) is 0.00619. The molecule has 1 aliphatic heterocycles. The number of benzene rings is 1. The van der Waals surface area contributed by atoms with Crippen LogP contribution < -0.4 is 10.6 Å². The Balaban J connectivity index is 1.95. The number of fused-ring (bicyclic) bond motifs is 1. The van der Waals surface area contributed by atoms with Gasteiger partial charge in [0.05, 0.1) is 24.8 Å². The standard InChI is InChI=1S/C18H18FN3O4S/c1-20-16(24)14-11-7-8-22(18(25)26-2)9-13(11)27-17(14)21-15(23)10-5-3-4-6-12(10)19/h3-6H,7-9H2,1-2H3,(H,20,24)(H,21,23). The number of carbonyl (C=O) groups excluding carboxylic acids is 3. The van der Waals surface area contributed by atoms with Gasteiger partial charge in [0, 0.05) is 18.5 Å². The summed E-state index contributed by atoms with van der Waals surface area (Å²) in [5.74, 6) is -1.63. The Morgan fingerprint density at radius 2 is 1.96 bits per heavy atom. The molecular weight excluding hydrogens is 373 g/mol. The number of methoxy groups -OCH3 is 1. The molecule has 1 aliphatic rings. The molecule has 0 bridgehead atoms. The SMILES string of the molecule is CNC(=O)c1c(NC(=O)c2ccccc2F)sc2c1CCN(C(=O)OC)C2. The van der Waals surface area contributed by atoms with E-state index in [1.165, 1.54) is 48.6 Å². The first-order valence-corrected chi connectivity index (χ1v) is 9.03. The molecular formula is C18H18FN3O4S. The third-order valence-corrected chi connectivity index (χ3v) is 5.42. The number of nitrogens with one attached hydrogen (secondary N) is 2. The molecule has 0 radical (unpaired) electrons. The molecule has 142 valence electrons. The van der Waals surface area contributed by atoms with Gasteiger partial charge in [0.2, 0.25) is 0 Å². The number of amides is 3. The van der Waals surface area contributed by atoms with E-state index in [9.17, 15) is 18.8 Å². The molecule has 2 N–H and O–H groups in total. The van der Waals surface area contributed by atoms with E-state index in [0.29, 0.717) is 23.5 Å². The van der Waals surface area contributed by atoms with Crippen LogP contribution >= 0.6 is 11.3 Å². The average Bonchev–Trinajstić information content (AvgIpc) is 3.03. The molecule has 2 heterocycles. The summed E-state index contributed by atoms with van der Waals surface area (Å²) in [5.41, 5.74) is 1.03. The Bertz CT molecular complexity index is 912. The number of anilines is 1. The lowest BCUT2D eigenvalue weighted by molar-refractivity contribution is 0.0962. The zero-order valence-corrected chi connectivity index (χ0v) is 15.6. The number of carbonyl (C=O) groups is 3. The van der Waals surface area contributed by atoms with Gasteiger partial charge >= 0.3 is 6.09 Å². The molecule has 0 spiro atoms. The van der Waals surface area contributed by atoms with Crippen molar-refractivity contribution in [2.24, 2.45) is 0 Å². The maximum absolute atomic E-state index is 13.9. The highest BCUT2D eigenvalue weighted by atomic mass is 32.1. The van der Waals surface area contributed by atoms with Crippen molar-refractivity contribution in [3.63, 3.8) is 0 Å². The Hall–Kier alpha value is -2.94. The van der Waals surface area contributed by atoms with E-state index in [0.717, 1.165) is 10.4 Å². The topological polar surface area (TPSA) is 87.7 Å². The maximum atomic E-state index is 13.9. The second-order valence-corrected chi connectivity index (χ2v) is 6.97. The second kappa shape index (κ2) is 7.75. The van der Waals surface area contributed by atoms with Crippen molar-refractivity contribution in [1.82, 2.24) is 10.2 Å². The first-order chi connectivity index (χ1) is 13.0. The zero-order chi connectivity index (χ0) is 19.6. The van der Waals surface area contributed by atoms with E-state index < -0.39 is 17.8 Å². The van der Waals surface area contributed by atoms with Crippen LogP contribution in [0.3, 0.4) is 0 Å². The van der Waals surface area contributed by atoms with Crippen LogP contribution in [-0.2, 0) is 17.7 Å². The molecule has 0 atom stereocenters. The van der Waals surface area contributed by atoms with Crippen molar-refractivity contribution in [1.29, 1.82) is 0 Å². The molecule has 2 aromatic rings. The van der Waals surface area contributed by atoms with Crippen LogP contribution in [0.25, 0.3) is 0 Å². The molecule has 1 aromatic carbocycles. The number of thiophene rings is 1. The van der Waals surface area contributed by atoms with E-state index in [1.54, 1.807) is 6.07 Å². The van der Waals surface area contributed by atoms with Crippen molar-refractivity contribution in [3.05, 3.63) is 51.7 Å². The molecule has 0 aliphatic carbocycles. The summed E-state index contributed by atoms with van der Waals surface area (Å²) in [6, 6.07) is 5.62. The minimum absolute atomic E-state index is 0.108. The van der Waals surface area contributed by atoms with Crippen LogP contribution in [0.1, 0.15) is 31.2 Å². The molecule has 0 saturated heterocycles. The molecule has 9 heteroatoms. The van der Waals surface area contributed by atoms with Crippen molar-refractivity contribution in [2.45, 2.75) is 13.0 Å². The normalized spacial score (nSPS) is 12.9. The van der Waals surface area contributed by atoms with Gasteiger partial charge in [-0.05, 0) is 24.1 Å². The van der Waals surface area contributed by atoms with Gasteiger partial charge in [-0.25, -0.2) is 9.18 Å². The number of halogens is 1. The fourth-order valence-corrected chi connectivity index (χ4v) is 4.21. The number of hydrogen-bond acceptors (Lipinski definition) is 5. The summed E-state index contributed by atoms with van der Waals surface area (Å²) < 4.78 is 18.6. The van der Waals surface area contributed by atoms with Crippen LogP contribution in [0.5, 0.6) is 0 Å². The Kier molecular flexibility index (Phi) is 5.41. The monoisotopic (exact) mass is 391 g/mol. The largest absolute Gasteiger partial charge is 0.453 e. The summed E-state index contributed by atoms with van der Waals surface area (Å²) in [5, 5.41) is 5.54. The smallest absolute Gasteiger partial charge is 0.409 e. The summed E-state index contributed by atoms with van der Waals surface area (Å²) in [7, 11) is 2.81. The third-order valence-electron chi connectivity index (χ3n) is 4.29. The average molecular weight is 391 g/mol. The van der Waals surface area contributed by atoms with E-state index in [1.807, 2.05) is 0 Å². The highest BCUT2D eigenvalue weighted by Crippen LogP contribution is 2.37. The fourth-order valence-electron chi connectivity index (χ4n) is 2.96. The van der Waals surface area contributed by atoms with Crippen molar-refractivity contribution < 1.29 is 23.5 Å². The van der Waals surface area contributed by atoms with Crippen molar-refractivity contribution in [3.8, 4) is 0 Å². The molecule has 3 rings (SSSR count). The first-order valence-electron chi connectivity index (χ1n) is 8.21. The van der Waals surface area contributed by atoms with Crippen LogP contribution in [0.4, 0.5) is 14.2 Å². The van der Waals surface area contributed by atoms with Gasteiger partial charge in [-0.15, -0.1) is 11.3 Å². The lowest BCUT2D eigenvalue weighted by atomic mass is 10.0. The first kappa shape index (κ1) is 18.8. The van der Waals surface area contributed by atoms with Crippen molar-refractivity contribution >= 4 is 34.2 Å². The Morgan fingerprint density at radius 1 is 1.22 bits per heavy atom. The van der Waals surface area contributed by atoms with Gasteiger partial charge in [0.25, 0.3) is 11.8 Å². The maximum Gasteiger partial charge on any atom is 0.409 e. The van der Waals surface area contributed by atoms with E-state index in [-0.39, 0.29) is 18.0 Å². The van der Waals surface area contributed by atoms with Gasteiger partial charge in [-0.2, -0.15) is 0 Å². The minimum atomic E-state index is -0.644. The Labute approximate surface area is 159 Å². The summed E-state index contributed by atoms with van der Waals surface area (Å²) >= 11 is 1.20. The molecule has 7 nitrogen and oxygen atoms in total. The van der Waals surface area contributed by atoms with Crippen LogP contribution in [0.2, 0.25) is 0 Å². The Morgan fingerprint density at radius 3 is 2.63 bits per heavy atom. The molecule has 0 unspecified atom stereocenters. The van der Waals surface area contributed by atoms with E-state index in [2.05, 4.69) is 10.6 Å². The van der Waals surface area contributed by atoms with Gasteiger partial charge in [-0.1, -0.05) is 12.1 Å². The van der Waals surface area contributed by atoms with E-state index >= 15 is 0 Å². The third kappa shape index (κ3) is 3.63. The van der Waals surface area contributed by atoms with E-state index in [4.69, 9.17) is 4.74 Å². The summed E-state index contributed by atoms with van der Waals surface area (Å²) in [6.45, 7) is 0.688. The lowest BCUT2D eigenvalue weighted by Crippen LogP contribution is -2.35. The molecule has 0 fully saturated rings. The van der Waals surface area contributed by atoms with Crippen molar-refractivity contribution in [2.75, 3.05) is 26.0 Å². The van der Waals surface area contributed by atoms with Gasteiger partial charge in [-0.3, -0.25) is 9.59 Å². The van der Waals surface area contributed by atoms with Gasteiger partial charge < -0.3 is 20.3 Å². The van der Waals surface area contributed by atoms with Crippen LogP contribution in [-0.4, -0.2) is 43.5 Å². The lowest BCUT2D eigenvalue weighted by Gasteiger charge is -2.25. The minimum Gasteiger partial charge on any atom is -0.453 e. The van der Waals surface area contributed by atoms with Gasteiger partial charge in [0.15, 0.2) is 0 Å². The fraction of sp³-hybridized carbons (Fsp3) is 0.278. The second-order valence-electron chi connectivity index (χ2n) is 5.86. The predicted octanol–water partition coefficient (Wildman–Crippen LogP) is 2.62. The predicted molar refractivity (Wildman–Crippen MR) is 98.6 cm³/mol. The van der Waals surface area contributed by atoms with Crippen LogP contribution in [0.15, 0.2) is 24.3 Å². The number of hydrogen-bond donors (Lipinski definition) is 2. The number of nitrogens with zero attached hydrogens (tertiary/aromatic N) is 1. The molecule has 27 heavy (non-hydrogen) atoms. The zero-order valence-electron chi connectivity index (χ0n) is 14.8. The molecule has 1 aromatic heterocycles. The number of ether oxygens (including phenoxy) is 1. The van der Waals surface area contributed by atoms with Crippen LogP contribution in [0, 0.1) is 5.82 Å².